The number of aromatic nitrogens is 2. The lowest BCUT2D eigenvalue weighted by atomic mass is 9.96. The molecule has 1 aliphatic rings. The Morgan fingerprint density at radius 1 is 1.19 bits per heavy atom. The molecular formula is C16H17Cl2N3. The van der Waals surface area contributed by atoms with Gasteiger partial charge in [-0.2, -0.15) is 0 Å². The van der Waals surface area contributed by atoms with E-state index < -0.39 is 0 Å². The van der Waals surface area contributed by atoms with Crippen LogP contribution in [0, 0.1) is 0 Å². The molecular weight excluding hydrogens is 305 g/mol. The highest BCUT2D eigenvalue weighted by Crippen LogP contribution is 2.33. The van der Waals surface area contributed by atoms with Crippen molar-refractivity contribution >= 4 is 23.2 Å². The number of halogens is 2. The quantitative estimate of drug-likeness (QED) is 0.610. The third-order valence-corrected chi connectivity index (χ3v) is 4.67. The Labute approximate surface area is 134 Å². The van der Waals surface area contributed by atoms with E-state index in [1.807, 2.05) is 6.07 Å². The van der Waals surface area contributed by atoms with Crippen LogP contribution in [0.15, 0.2) is 30.3 Å². The summed E-state index contributed by atoms with van der Waals surface area (Å²) in [5, 5.41) is 0.712. The van der Waals surface area contributed by atoms with E-state index in [2.05, 4.69) is 53.0 Å². The van der Waals surface area contributed by atoms with Gasteiger partial charge >= 0.3 is 0 Å². The summed E-state index contributed by atoms with van der Waals surface area (Å²) in [6.07, 6.45) is 0.850. The standard InChI is InChI=1S/C16H17Cl2N3/c1-10-8-13-14(19-16(18)20-15(13)17)9-21(10)11(2)12-6-4-3-5-7-12/h3-7,10-11H,8-9H2,1-2H3/t10-,11-/m1/s1. The summed E-state index contributed by atoms with van der Waals surface area (Å²) >= 11 is 12.1. The normalized spacial score (nSPS) is 20.1. The van der Waals surface area contributed by atoms with Crippen molar-refractivity contribution in [1.29, 1.82) is 0 Å². The Morgan fingerprint density at radius 2 is 1.90 bits per heavy atom. The molecule has 5 heteroatoms. The van der Waals surface area contributed by atoms with Crippen LogP contribution in [-0.2, 0) is 13.0 Å². The molecule has 21 heavy (non-hydrogen) atoms. The maximum Gasteiger partial charge on any atom is 0.224 e. The highest BCUT2D eigenvalue weighted by atomic mass is 35.5. The molecule has 0 amide bonds. The minimum absolute atomic E-state index is 0.223. The first-order valence-electron chi connectivity index (χ1n) is 7.07. The highest BCUT2D eigenvalue weighted by molar-refractivity contribution is 6.32. The molecule has 0 unspecified atom stereocenters. The van der Waals surface area contributed by atoms with Crippen LogP contribution < -0.4 is 0 Å². The van der Waals surface area contributed by atoms with Crippen molar-refractivity contribution in [3.63, 3.8) is 0 Å². The topological polar surface area (TPSA) is 29.0 Å². The van der Waals surface area contributed by atoms with E-state index in [-0.39, 0.29) is 5.28 Å². The SMILES string of the molecule is C[C@@H]1Cc2c(Cl)nc(Cl)nc2CN1[C@H](C)c1ccccc1. The first-order valence-corrected chi connectivity index (χ1v) is 7.83. The van der Waals surface area contributed by atoms with E-state index in [0.29, 0.717) is 17.2 Å². The number of rotatable bonds is 2. The van der Waals surface area contributed by atoms with Crippen molar-refractivity contribution in [2.45, 2.75) is 38.9 Å². The molecule has 0 N–H and O–H groups in total. The number of hydrogen-bond donors (Lipinski definition) is 0. The Kier molecular flexibility index (Phi) is 4.16. The van der Waals surface area contributed by atoms with Crippen molar-refractivity contribution in [3.8, 4) is 0 Å². The first-order chi connectivity index (χ1) is 10.1. The Hall–Kier alpha value is -1.16. The van der Waals surface area contributed by atoms with Crippen LogP contribution >= 0.6 is 23.2 Å². The van der Waals surface area contributed by atoms with E-state index >= 15 is 0 Å². The van der Waals surface area contributed by atoms with Crippen LogP contribution in [0.2, 0.25) is 10.4 Å². The van der Waals surface area contributed by atoms with Gasteiger partial charge in [0, 0.05) is 24.2 Å². The molecule has 1 aliphatic heterocycles. The molecule has 0 saturated heterocycles. The van der Waals surface area contributed by atoms with Gasteiger partial charge < -0.3 is 0 Å². The van der Waals surface area contributed by atoms with Crippen molar-refractivity contribution in [1.82, 2.24) is 14.9 Å². The van der Waals surface area contributed by atoms with Gasteiger partial charge in [-0.3, -0.25) is 4.90 Å². The largest absolute Gasteiger partial charge is 0.288 e. The summed E-state index contributed by atoms with van der Waals surface area (Å²) in [5.41, 5.74) is 3.28. The molecule has 3 rings (SSSR count). The number of nitrogens with zero attached hydrogens (tertiary/aromatic N) is 3. The van der Waals surface area contributed by atoms with Crippen LogP contribution in [0.1, 0.15) is 36.7 Å². The van der Waals surface area contributed by atoms with Gasteiger partial charge in [0.05, 0.1) is 5.69 Å². The van der Waals surface area contributed by atoms with Gasteiger partial charge in [-0.1, -0.05) is 41.9 Å². The summed E-state index contributed by atoms with van der Waals surface area (Å²) < 4.78 is 0. The van der Waals surface area contributed by atoms with Crippen molar-refractivity contribution in [2.75, 3.05) is 0 Å². The van der Waals surface area contributed by atoms with Crippen LogP contribution in [-0.4, -0.2) is 20.9 Å². The lowest BCUT2D eigenvalue weighted by Crippen LogP contribution is -2.40. The lowest BCUT2D eigenvalue weighted by molar-refractivity contribution is 0.129. The van der Waals surface area contributed by atoms with Gasteiger partial charge in [0.1, 0.15) is 5.15 Å². The van der Waals surface area contributed by atoms with E-state index in [0.717, 1.165) is 24.2 Å². The minimum Gasteiger partial charge on any atom is -0.288 e. The second-order valence-corrected chi connectivity index (χ2v) is 6.22. The third-order valence-electron chi connectivity index (χ3n) is 4.19. The second kappa shape index (κ2) is 5.91. The van der Waals surface area contributed by atoms with Crippen LogP contribution in [0.25, 0.3) is 0 Å². The molecule has 0 saturated carbocycles. The summed E-state index contributed by atoms with van der Waals surface area (Å²) in [6, 6.07) is 11.2. The zero-order valence-corrected chi connectivity index (χ0v) is 13.6. The zero-order chi connectivity index (χ0) is 15.0. The van der Waals surface area contributed by atoms with E-state index in [1.54, 1.807) is 0 Å². The average molecular weight is 322 g/mol. The maximum absolute atomic E-state index is 6.20. The second-order valence-electron chi connectivity index (χ2n) is 5.52. The van der Waals surface area contributed by atoms with Gasteiger partial charge in [-0.15, -0.1) is 0 Å². The predicted molar refractivity (Wildman–Crippen MR) is 85.6 cm³/mol. The number of benzene rings is 1. The van der Waals surface area contributed by atoms with Gasteiger partial charge in [0.2, 0.25) is 5.28 Å². The molecule has 3 nitrogen and oxygen atoms in total. The van der Waals surface area contributed by atoms with Gasteiger partial charge in [0.15, 0.2) is 0 Å². The molecule has 0 aliphatic carbocycles. The zero-order valence-electron chi connectivity index (χ0n) is 12.1. The number of fused-ring (bicyclic) bond motifs is 1. The molecule has 1 aromatic heterocycles. The van der Waals surface area contributed by atoms with Crippen LogP contribution in [0.5, 0.6) is 0 Å². The minimum atomic E-state index is 0.223. The van der Waals surface area contributed by atoms with E-state index in [1.165, 1.54) is 5.56 Å². The van der Waals surface area contributed by atoms with Crippen molar-refractivity contribution < 1.29 is 0 Å². The molecule has 2 atom stereocenters. The smallest absolute Gasteiger partial charge is 0.224 e. The van der Waals surface area contributed by atoms with Gasteiger partial charge in [-0.25, -0.2) is 9.97 Å². The summed E-state index contributed by atoms with van der Waals surface area (Å²) in [5.74, 6) is 0. The molecule has 2 aromatic rings. The first kappa shape index (κ1) is 14.8. The molecule has 0 fully saturated rings. The summed E-state index contributed by atoms with van der Waals surface area (Å²) in [7, 11) is 0. The van der Waals surface area contributed by atoms with Gasteiger partial charge in [0.25, 0.3) is 0 Å². The Bertz CT molecular complexity index is 645. The summed E-state index contributed by atoms with van der Waals surface area (Å²) in [4.78, 5) is 10.8. The molecule has 0 radical (unpaired) electrons. The molecule has 0 spiro atoms. The Morgan fingerprint density at radius 3 is 2.62 bits per heavy atom. The van der Waals surface area contributed by atoms with Crippen molar-refractivity contribution in [2.24, 2.45) is 0 Å². The molecule has 2 heterocycles. The monoisotopic (exact) mass is 321 g/mol. The van der Waals surface area contributed by atoms with Crippen LogP contribution in [0.4, 0.5) is 0 Å². The average Bonchev–Trinajstić information content (AvgIpc) is 2.48. The Balaban J connectivity index is 1.92. The molecule has 110 valence electrons. The molecule has 1 aromatic carbocycles. The van der Waals surface area contributed by atoms with Gasteiger partial charge in [-0.05, 0) is 37.4 Å². The predicted octanol–water partition coefficient (Wildman–Crippen LogP) is 4.29. The van der Waals surface area contributed by atoms with Crippen LogP contribution in [0.3, 0.4) is 0 Å². The molecule has 0 bridgehead atoms. The fourth-order valence-corrected chi connectivity index (χ4v) is 3.48. The third kappa shape index (κ3) is 2.91. The maximum atomic E-state index is 6.20. The van der Waals surface area contributed by atoms with E-state index in [4.69, 9.17) is 23.2 Å². The lowest BCUT2D eigenvalue weighted by Gasteiger charge is -2.38. The van der Waals surface area contributed by atoms with Crippen molar-refractivity contribution in [3.05, 3.63) is 57.6 Å². The van der Waals surface area contributed by atoms with E-state index in [9.17, 15) is 0 Å². The summed E-state index contributed by atoms with van der Waals surface area (Å²) in [6.45, 7) is 5.18. The fourth-order valence-electron chi connectivity index (χ4n) is 2.99. The fraction of sp³-hybridized carbons (Fsp3) is 0.375. The highest BCUT2D eigenvalue weighted by Gasteiger charge is 2.30. The number of hydrogen-bond acceptors (Lipinski definition) is 3.